The van der Waals surface area contributed by atoms with Gasteiger partial charge in [0.25, 0.3) is 17.7 Å². The SMILES string of the molecule is COc1ncc(-c2cc(CN3CCC(F)(F)CC3)c3c(N)ncnn23)cc1C(=O)N[C@@H]1CN(C(=O)c2cnccc2Cl)C[C@@H]1F. The van der Waals surface area contributed by atoms with Gasteiger partial charge in [0.1, 0.15) is 23.6 Å². The second-order valence-corrected chi connectivity index (χ2v) is 11.4. The number of amides is 2. The first kappa shape index (κ1) is 30.5. The van der Waals surface area contributed by atoms with Crippen LogP contribution in [-0.4, -0.2) is 97.6 Å². The van der Waals surface area contributed by atoms with E-state index in [0.29, 0.717) is 23.3 Å². The Bertz CT molecular complexity index is 1760. The number of fused-ring (bicyclic) bond motifs is 1. The molecule has 0 aliphatic carbocycles. The molecule has 0 spiro atoms. The van der Waals surface area contributed by atoms with E-state index in [1.807, 2.05) is 4.90 Å². The van der Waals surface area contributed by atoms with E-state index in [4.69, 9.17) is 22.1 Å². The van der Waals surface area contributed by atoms with Gasteiger partial charge in [-0.3, -0.25) is 19.5 Å². The lowest BCUT2D eigenvalue weighted by Crippen LogP contribution is -2.42. The molecule has 2 aliphatic rings. The van der Waals surface area contributed by atoms with E-state index in [1.165, 1.54) is 49.1 Å². The quantitative estimate of drug-likeness (QED) is 0.310. The number of nitrogens with one attached hydrogen (secondary N) is 1. The Balaban J connectivity index is 1.25. The van der Waals surface area contributed by atoms with E-state index in [9.17, 15) is 18.4 Å². The third-order valence-corrected chi connectivity index (χ3v) is 8.41. The number of halogens is 4. The number of carbonyl (C=O) groups is 2. The van der Waals surface area contributed by atoms with Crippen LogP contribution in [0.4, 0.5) is 19.0 Å². The van der Waals surface area contributed by atoms with Gasteiger partial charge in [0.15, 0.2) is 5.82 Å². The molecular weight excluding hydrogens is 615 g/mol. The first-order valence-electron chi connectivity index (χ1n) is 14.1. The van der Waals surface area contributed by atoms with E-state index in [0.717, 1.165) is 5.56 Å². The number of pyridine rings is 2. The summed E-state index contributed by atoms with van der Waals surface area (Å²) in [6.45, 7) is 0.456. The number of anilines is 1. The van der Waals surface area contributed by atoms with Gasteiger partial charge in [-0.25, -0.2) is 27.7 Å². The number of rotatable bonds is 7. The molecule has 4 aromatic heterocycles. The van der Waals surface area contributed by atoms with Gasteiger partial charge in [0.05, 0.1) is 36.0 Å². The number of hydrogen-bond acceptors (Lipinski definition) is 9. The average Bonchev–Trinajstić information content (AvgIpc) is 3.58. The number of likely N-dealkylation sites (tertiary alicyclic amines) is 2. The summed E-state index contributed by atoms with van der Waals surface area (Å²) in [6, 6.07) is 3.80. The molecule has 12 nitrogen and oxygen atoms in total. The Kier molecular flexibility index (Phi) is 8.22. The van der Waals surface area contributed by atoms with Gasteiger partial charge >= 0.3 is 0 Å². The van der Waals surface area contributed by atoms with Gasteiger partial charge < -0.3 is 20.7 Å². The summed E-state index contributed by atoms with van der Waals surface area (Å²) >= 11 is 6.12. The zero-order valence-electron chi connectivity index (χ0n) is 24.1. The second kappa shape index (κ2) is 12.1. The maximum atomic E-state index is 15.1. The summed E-state index contributed by atoms with van der Waals surface area (Å²) in [4.78, 5) is 41.9. The highest BCUT2D eigenvalue weighted by Gasteiger charge is 2.38. The molecule has 0 aromatic carbocycles. The largest absolute Gasteiger partial charge is 0.480 e. The van der Waals surface area contributed by atoms with Crippen LogP contribution in [0.1, 0.15) is 39.1 Å². The van der Waals surface area contributed by atoms with E-state index in [1.54, 1.807) is 10.6 Å². The number of aromatic nitrogens is 5. The van der Waals surface area contributed by atoms with Crippen molar-refractivity contribution in [1.29, 1.82) is 0 Å². The number of nitrogen functional groups attached to an aromatic ring is 1. The van der Waals surface area contributed by atoms with Crippen molar-refractivity contribution >= 4 is 34.7 Å². The molecular formula is C29H29ClF3N9O3. The Morgan fingerprint density at radius 2 is 1.93 bits per heavy atom. The fraction of sp³-hybridized carbons (Fsp3) is 0.379. The Morgan fingerprint density at radius 3 is 2.67 bits per heavy atom. The molecule has 3 N–H and O–H groups in total. The van der Waals surface area contributed by atoms with Crippen molar-refractivity contribution in [3.63, 3.8) is 0 Å². The van der Waals surface area contributed by atoms with Crippen molar-refractivity contribution in [3.05, 3.63) is 64.8 Å². The summed E-state index contributed by atoms with van der Waals surface area (Å²) in [5, 5.41) is 7.20. The second-order valence-electron chi connectivity index (χ2n) is 11.0. The Hall–Kier alpha value is -4.50. The van der Waals surface area contributed by atoms with Crippen molar-refractivity contribution in [2.75, 3.05) is 39.0 Å². The number of piperidine rings is 1. The Morgan fingerprint density at radius 1 is 1.16 bits per heavy atom. The summed E-state index contributed by atoms with van der Waals surface area (Å²) in [5.41, 5.74) is 8.61. The molecule has 0 bridgehead atoms. The number of nitrogens with zero attached hydrogens (tertiary/aromatic N) is 7. The molecule has 2 fully saturated rings. The highest BCUT2D eigenvalue weighted by atomic mass is 35.5. The van der Waals surface area contributed by atoms with Crippen LogP contribution < -0.4 is 15.8 Å². The monoisotopic (exact) mass is 643 g/mol. The standard InChI is InChI=1S/C29H29ClF3N9O3/c1-45-27-18(26(43)39-22-14-41(13-21(22)31)28(44)19-11-35-5-2-20(19)30)8-16(10-36-27)23-9-17(24-25(34)37-15-38-42(23)24)12-40-6-3-29(32,33)4-7-40/h2,5,8-11,15,21-22H,3-4,6-7,12-14H2,1H3,(H,39,43)(H2,34,37,38)/t21-,22+/m0/s1. The van der Waals surface area contributed by atoms with Gasteiger partial charge in [0.2, 0.25) is 5.88 Å². The van der Waals surface area contributed by atoms with Crippen LogP contribution in [0.2, 0.25) is 5.02 Å². The van der Waals surface area contributed by atoms with E-state index >= 15 is 4.39 Å². The van der Waals surface area contributed by atoms with Crippen LogP contribution >= 0.6 is 11.6 Å². The summed E-state index contributed by atoms with van der Waals surface area (Å²) in [5.74, 6) is -3.63. The van der Waals surface area contributed by atoms with Gasteiger partial charge in [-0.15, -0.1) is 0 Å². The number of alkyl halides is 3. The van der Waals surface area contributed by atoms with Crippen LogP contribution in [0.3, 0.4) is 0 Å². The Labute approximate surface area is 260 Å². The molecule has 2 atom stereocenters. The topological polar surface area (TPSA) is 144 Å². The van der Waals surface area contributed by atoms with Gasteiger partial charge in [-0.05, 0) is 23.8 Å². The van der Waals surface area contributed by atoms with Gasteiger partial charge in [-0.1, -0.05) is 11.6 Å². The van der Waals surface area contributed by atoms with Crippen LogP contribution in [-0.2, 0) is 6.54 Å². The number of methoxy groups -OCH3 is 1. The van der Waals surface area contributed by atoms with E-state index in [-0.39, 0.29) is 66.9 Å². The zero-order chi connectivity index (χ0) is 31.9. The lowest BCUT2D eigenvalue weighted by molar-refractivity contribution is -0.0565. The summed E-state index contributed by atoms with van der Waals surface area (Å²) < 4.78 is 49.5. The molecule has 2 aliphatic heterocycles. The predicted octanol–water partition coefficient (Wildman–Crippen LogP) is 3.25. The first-order chi connectivity index (χ1) is 21.5. The minimum absolute atomic E-state index is 0.00389. The molecule has 6 rings (SSSR count). The molecule has 2 amide bonds. The first-order valence-corrected chi connectivity index (χ1v) is 14.5. The third kappa shape index (κ3) is 6.09. The fourth-order valence-electron chi connectivity index (χ4n) is 5.69. The van der Waals surface area contributed by atoms with Crippen LogP contribution in [0, 0.1) is 0 Å². The third-order valence-electron chi connectivity index (χ3n) is 8.08. The molecule has 0 unspecified atom stereocenters. The van der Waals surface area contributed by atoms with E-state index in [2.05, 4.69) is 25.4 Å². The predicted molar refractivity (Wildman–Crippen MR) is 158 cm³/mol. The summed E-state index contributed by atoms with van der Waals surface area (Å²) in [6.07, 6.45) is 3.53. The maximum absolute atomic E-state index is 15.1. The smallest absolute Gasteiger partial charge is 0.257 e. The van der Waals surface area contributed by atoms with Crippen LogP contribution in [0.25, 0.3) is 16.8 Å². The van der Waals surface area contributed by atoms with Crippen LogP contribution in [0.15, 0.2) is 43.1 Å². The minimum Gasteiger partial charge on any atom is -0.480 e. The fourth-order valence-corrected chi connectivity index (χ4v) is 5.87. The van der Waals surface area contributed by atoms with Crippen molar-refractivity contribution in [2.45, 2.75) is 37.5 Å². The lowest BCUT2D eigenvalue weighted by Gasteiger charge is -2.31. The molecule has 0 saturated carbocycles. The van der Waals surface area contributed by atoms with Gasteiger partial charge in [0, 0.05) is 63.2 Å². The lowest BCUT2D eigenvalue weighted by atomic mass is 10.1. The van der Waals surface area contributed by atoms with Crippen molar-refractivity contribution in [1.82, 2.24) is 39.7 Å². The highest BCUT2D eigenvalue weighted by molar-refractivity contribution is 6.33. The molecule has 4 aromatic rings. The molecule has 45 heavy (non-hydrogen) atoms. The van der Waals surface area contributed by atoms with Gasteiger partial charge in [-0.2, -0.15) is 5.10 Å². The number of nitrogens with two attached hydrogens (primary N) is 1. The summed E-state index contributed by atoms with van der Waals surface area (Å²) in [7, 11) is 1.35. The van der Waals surface area contributed by atoms with Crippen molar-refractivity contribution in [2.24, 2.45) is 0 Å². The minimum atomic E-state index is -2.68. The maximum Gasteiger partial charge on any atom is 0.257 e. The molecule has 6 heterocycles. The molecule has 236 valence electrons. The normalized spacial score (nSPS) is 20.0. The average molecular weight is 644 g/mol. The van der Waals surface area contributed by atoms with Crippen molar-refractivity contribution in [3.8, 4) is 17.1 Å². The zero-order valence-corrected chi connectivity index (χ0v) is 24.8. The number of carbonyl (C=O) groups excluding carboxylic acids is 2. The van der Waals surface area contributed by atoms with E-state index < -0.39 is 30.0 Å². The molecule has 2 saturated heterocycles. The highest BCUT2D eigenvalue weighted by Crippen LogP contribution is 2.33. The molecule has 16 heteroatoms. The van der Waals surface area contributed by atoms with Crippen LogP contribution in [0.5, 0.6) is 5.88 Å². The number of ether oxygens (including phenoxy) is 1. The van der Waals surface area contributed by atoms with Crippen molar-refractivity contribution < 1.29 is 27.5 Å². The number of hydrogen-bond donors (Lipinski definition) is 2. The molecule has 0 radical (unpaired) electrons.